The molecule has 0 aliphatic heterocycles. The van der Waals surface area contributed by atoms with Crippen LogP contribution < -0.4 is 5.06 Å². The zero-order valence-corrected chi connectivity index (χ0v) is 14.2. The van der Waals surface area contributed by atoms with Crippen molar-refractivity contribution in [1.29, 1.82) is 0 Å². The Hall–Kier alpha value is -3.77. The van der Waals surface area contributed by atoms with Crippen molar-refractivity contribution in [2.75, 3.05) is 5.06 Å². The van der Waals surface area contributed by atoms with Crippen molar-refractivity contribution >= 4 is 11.5 Å². The second-order valence-corrected chi connectivity index (χ2v) is 5.88. The molecular formula is C21H15N3O3. The quantitative estimate of drug-likeness (QED) is 0.706. The Labute approximate surface area is 155 Å². The van der Waals surface area contributed by atoms with Crippen molar-refractivity contribution in [3.05, 3.63) is 90.7 Å². The molecule has 0 saturated heterocycles. The molecule has 0 atom stereocenters. The minimum atomic E-state index is -0.0737. The highest BCUT2D eigenvalue weighted by Gasteiger charge is 2.11. The summed E-state index contributed by atoms with van der Waals surface area (Å²) >= 11 is 0. The molecule has 0 spiro atoms. The van der Waals surface area contributed by atoms with E-state index < -0.39 is 0 Å². The molecule has 132 valence electrons. The molecule has 1 heterocycles. The van der Waals surface area contributed by atoms with Crippen molar-refractivity contribution < 1.29 is 14.5 Å². The standard InChI is InChI=1S/C21H15N3O3/c25-19-12-6-15(7-13-19)14-24(26)18-10-8-17(9-11-18)21-22-20(23-27-21)16-4-2-1-3-5-16/h1-14,26H. The van der Waals surface area contributed by atoms with Crippen LogP contribution in [0.1, 0.15) is 0 Å². The smallest absolute Gasteiger partial charge is 0.258 e. The molecule has 4 rings (SSSR count). The molecule has 2 aromatic carbocycles. The van der Waals surface area contributed by atoms with E-state index >= 15 is 0 Å². The monoisotopic (exact) mass is 357 g/mol. The number of nitrogens with zero attached hydrogens (tertiary/aromatic N) is 3. The van der Waals surface area contributed by atoms with E-state index in [2.05, 4.69) is 10.1 Å². The lowest BCUT2D eigenvalue weighted by molar-refractivity contribution is -0.110. The Bertz CT molecular complexity index is 1030. The minimum Gasteiger partial charge on any atom is -0.334 e. The number of carbonyl (C=O) groups excluding carboxylic acids is 1. The summed E-state index contributed by atoms with van der Waals surface area (Å²) in [5.74, 6) is 0.851. The Morgan fingerprint density at radius 3 is 2.30 bits per heavy atom. The first kappa shape index (κ1) is 16.7. The number of hydrogen-bond donors (Lipinski definition) is 1. The van der Waals surface area contributed by atoms with Gasteiger partial charge in [-0.05, 0) is 54.1 Å². The molecule has 0 unspecified atom stereocenters. The van der Waals surface area contributed by atoms with E-state index in [4.69, 9.17) is 4.52 Å². The van der Waals surface area contributed by atoms with Crippen LogP contribution in [-0.2, 0) is 4.79 Å². The Morgan fingerprint density at radius 2 is 1.59 bits per heavy atom. The van der Waals surface area contributed by atoms with Crippen molar-refractivity contribution in [2.24, 2.45) is 0 Å². The number of anilines is 1. The molecule has 0 saturated carbocycles. The van der Waals surface area contributed by atoms with Gasteiger partial charge in [-0.25, -0.2) is 5.06 Å². The fourth-order valence-electron chi connectivity index (χ4n) is 2.57. The van der Waals surface area contributed by atoms with Crippen LogP contribution >= 0.6 is 0 Å². The highest BCUT2D eigenvalue weighted by Crippen LogP contribution is 2.24. The Morgan fingerprint density at radius 1 is 0.889 bits per heavy atom. The first-order valence-electron chi connectivity index (χ1n) is 8.29. The molecule has 1 aliphatic carbocycles. The molecule has 27 heavy (non-hydrogen) atoms. The summed E-state index contributed by atoms with van der Waals surface area (Å²) < 4.78 is 5.34. The van der Waals surface area contributed by atoms with Gasteiger partial charge in [0, 0.05) is 17.3 Å². The zero-order chi connectivity index (χ0) is 18.6. The van der Waals surface area contributed by atoms with E-state index in [1.165, 1.54) is 18.4 Å². The number of allylic oxidation sites excluding steroid dienone is 5. The third-order valence-electron chi connectivity index (χ3n) is 3.99. The van der Waals surface area contributed by atoms with Gasteiger partial charge in [0.2, 0.25) is 5.82 Å². The molecule has 1 N–H and O–H groups in total. The van der Waals surface area contributed by atoms with Gasteiger partial charge in [-0.15, -0.1) is 0 Å². The summed E-state index contributed by atoms with van der Waals surface area (Å²) in [7, 11) is 0. The van der Waals surface area contributed by atoms with E-state index in [0.29, 0.717) is 23.0 Å². The second kappa shape index (κ2) is 7.23. The van der Waals surface area contributed by atoms with E-state index in [9.17, 15) is 10.0 Å². The van der Waals surface area contributed by atoms with Crippen molar-refractivity contribution in [3.63, 3.8) is 0 Å². The van der Waals surface area contributed by atoms with E-state index in [1.54, 1.807) is 36.4 Å². The zero-order valence-electron chi connectivity index (χ0n) is 14.2. The van der Waals surface area contributed by atoms with Crippen LogP contribution in [-0.4, -0.2) is 21.1 Å². The largest absolute Gasteiger partial charge is 0.334 e. The van der Waals surface area contributed by atoms with Gasteiger partial charge in [0.05, 0.1) is 5.69 Å². The van der Waals surface area contributed by atoms with Crippen molar-refractivity contribution in [1.82, 2.24) is 10.1 Å². The number of ketones is 1. The van der Waals surface area contributed by atoms with Crippen LogP contribution in [0.5, 0.6) is 0 Å². The number of aromatic nitrogens is 2. The van der Waals surface area contributed by atoms with Gasteiger partial charge < -0.3 is 4.52 Å². The topological polar surface area (TPSA) is 79.5 Å². The van der Waals surface area contributed by atoms with Crippen LogP contribution in [0, 0.1) is 0 Å². The molecule has 1 aromatic heterocycles. The SMILES string of the molecule is O=C1C=CC(=CN(O)c2ccc(-c3nc(-c4ccccc4)no3)cc2)C=C1. The number of hydroxylamine groups is 1. The highest BCUT2D eigenvalue weighted by molar-refractivity contribution is 6.01. The van der Waals surface area contributed by atoms with Crippen LogP contribution in [0.2, 0.25) is 0 Å². The average molecular weight is 357 g/mol. The third kappa shape index (κ3) is 3.75. The molecule has 3 aromatic rings. The van der Waals surface area contributed by atoms with Gasteiger partial charge in [0.25, 0.3) is 5.89 Å². The molecule has 0 amide bonds. The molecule has 0 bridgehead atoms. The first-order valence-corrected chi connectivity index (χ1v) is 8.29. The maximum absolute atomic E-state index is 11.1. The maximum Gasteiger partial charge on any atom is 0.258 e. The number of rotatable bonds is 4. The van der Waals surface area contributed by atoms with Crippen molar-refractivity contribution in [2.45, 2.75) is 0 Å². The summed E-state index contributed by atoms with van der Waals surface area (Å²) in [6, 6.07) is 16.6. The van der Waals surface area contributed by atoms with Gasteiger partial charge in [-0.1, -0.05) is 35.5 Å². The van der Waals surface area contributed by atoms with E-state index in [1.807, 2.05) is 30.3 Å². The molecule has 6 heteroatoms. The molecule has 0 radical (unpaired) electrons. The van der Waals surface area contributed by atoms with E-state index in [0.717, 1.165) is 16.2 Å². The van der Waals surface area contributed by atoms with Crippen LogP contribution in [0.4, 0.5) is 5.69 Å². The first-order chi connectivity index (χ1) is 13.2. The van der Waals surface area contributed by atoms with Gasteiger partial charge in [-0.3, -0.25) is 10.0 Å². The lowest BCUT2D eigenvalue weighted by atomic mass is 10.1. The summed E-state index contributed by atoms with van der Waals surface area (Å²) in [4.78, 5) is 15.5. The fraction of sp³-hybridized carbons (Fsp3) is 0. The van der Waals surface area contributed by atoms with E-state index in [-0.39, 0.29) is 5.78 Å². The van der Waals surface area contributed by atoms with Crippen molar-refractivity contribution in [3.8, 4) is 22.8 Å². The fourth-order valence-corrected chi connectivity index (χ4v) is 2.57. The summed E-state index contributed by atoms with van der Waals surface area (Å²) in [6.45, 7) is 0. The normalized spacial score (nSPS) is 13.1. The minimum absolute atomic E-state index is 0.0737. The summed E-state index contributed by atoms with van der Waals surface area (Å²) in [6.07, 6.45) is 7.70. The molecule has 1 aliphatic rings. The predicted molar refractivity (Wildman–Crippen MR) is 101 cm³/mol. The van der Waals surface area contributed by atoms with Crippen LogP contribution in [0.25, 0.3) is 22.8 Å². The lowest BCUT2D eigenvalue weighted by Crippen LogP contribution is -2.10. The molecule has 0 fully saturated rings. The Balaban J connectivity index is 1.52. The number of carbonyl (C=O) groups is 1. The van der Waals surface area contributed by atoms with Crippen LogP contribution in [0.15, 0.2) is 95.2 Å². The summed E-state index contributed by atoms with van der Waals surface area (Å²) in [5, 5.41) is 15.2. The average Bonchev–Trinajstić information content (AvgIpc) is 3.21. The summed E-state index contributed by atoms with van der Waals surface area (Å²) in [5.41, 5.74) is 2.90. The second-order valence-electron chi connectivity index (χ2n) is 5.88. The highest BCUT2D eigenvalue weighted by atomic mass is 16.5. The maximum atomic E-state index is 11.1. The molecule has 6 nitrogen and oxygen atoms in total. The Kier molecular flexibility index (Phi) is 4.47. The van der Waals surface area contributed by atoms with Crippen LogP contribution in [0.3, 0.4) is 0 Å². The number of hydrogen-bond acceptors (Lipinski definition) is 6. The third-order valence-corrected chi connectivity index (χ3v) is 3.99. The van der Waals surface area contributed by atoms with Gasteiger partial charge in [0.1, 0.15) is 0 Å². The number of benzene rings is 2. The van der Waals surface area contributed by atoms with Gasteiger partial charge >= 0.3 is 0 Å². The van der Waals surface area contributed by atoms with Gasteiger partial charge in [-0.2, -0.15) is 4.98 Å². The predicted octanol–water partition coefficient (Wildman–Crippen LogP) is 4.18. The molecular weight excluding hydrogens is 342 g/mol. The lowest BCUT2D eigenvalue weighted by Gasteiger charge is -2.13. The van der Waals surface area contributed by atoms with Gasteiger partial charge in [0.15, 0.2) is 5.78 Å².